The van der Waals surface area contributed by atoms with Crippen LogP contribution in [0.15, 0.2) is 55.1 Å². The zero-order chi connectivity index (χ0) is 21.2. The van der Waals surface area contributed by atoms with Crippen molar-refractivity contribution in [3.8, 4) is 11.1 Å². The van der Waals surface area contributed by atoms with Gasteiger partial charge in [0.1, 0.15) is 11.6 Å². The highest BCUT2D eigenvalue weighted by molar-refractivity contribution is 6.33. The van der Waals surface area contributed by atoms with Gasteiger partial charge in [0.25, 0.3) is 0 Å². The Morgan fingerprint density at radius 1 is 0.967 bits per heavy atom. The van der Waals surface area contributed by atoms with E-state index in [-0.39, 0.29) is 0 Å². The number of anilines is 2. The van der Waals surface area contributed by atoms with Gasteiger partial charge in [0.05, 0.1) is 5.02 Å². The minimum atomic E-state index is 0.505. The second-order valence-corrected chi connectivity index (χ2v) is 7.57. The number of pyridine rings is 3. The highest BCUT2D eigenvalue weighted by atomic mass is 35.5. The third-order valence-corrected chi connectivity index (χ3v) is 5.41. The van der Waals surface area contributed by atoms with Crippen molar-refractivity contribution in [1.82, 2.24) is 15.0 Å². The number of nitrogens with two attached hydrogens (primary N) is 1. The van der Waals surface area contributed by atoms with Crippen LogP contribution in [0.2, 0.25) is 5.02 Å². The van der Waals surface area contributed by atoms with E-state index in [9.17, 15) is 0 Å². The van der Waals surface area contributed by atoms with Crippen molar-refractivity contribution in [3.05, 3.63) is 65.7 Å². The number of rotatable bonds is 6. The zero-order valence-electron chi connectivity index (χ0n) is 17.3. The molecule has 1 fully saturated rings. The molecule has 4 N–H and O–H groups in total. The van der Waals surface area contributed by atoms with Crippen LogP contribution in [-0.2, 0) is 6.54 Å². The molecule has 30 heavy (non-hydrogen) atoms. The summed E-state index contributed by atoms with van der Waals surface area (Å²) in [4.78, 5) is 12.9. The van der Waals surface area contributed by atoms with Crippen LogP contribution in [0.4, 0.5) is 11.6 Å². The molecule has 0 unspecified atom stereocenters. The second-order valence-electron chi connectivity index (χ2n) is 7.17. The number of aromatic nitrogens is 3. The van der Waals surface area contributed by atoms with E-state index in [0.29, 0.717) is 17.6 Å². The Kier molecular flexibility index (Phi) is 8.41. The van der Waals surface area contributed by atoms with Crippen LogP contribution < -0.4 is 16.4 Å². The summed E-state index contributed by atoms with van der Waals surface area (Å²) in [7, 11) is 1.50. The molecule has 3 aromatic heterocycles. The fourth-order valence-corrected chi connectivity index (χ4v) is 3.80. The molecule has 1 saturated carbocycles. The molecule has 0 aromatic carbocycles. The molecular weight excluding hydrogens is 396 g/mol. The normalized spacial score (nSPS) is 13.8. The molecule has 0 radical (unpaired) electrons. The highest BCUT2D eigenvalue weighted by Crippen LogP contribution is 2.31. The largest absolute Gasteiger partial charge is 0.367 e. The first-order valence-electron chi connectivity index (χ1n) is 10.4. The van der Waals surface area contributed by atoms with Crippen molar-refractivity contribution in [2.75, 3.05) is 17.7 Å². The maximum Gasteiger partial charge on any atom is 0.126 e. The lowest BCUT2D eigenvalue weighted by molar-refractivity contribution is 0.462. The van der Waals surface area contributed by atoms with Crippen LogP contribution in [0.1, 0.15) is 37.7 Å². The molecule has 7 heteroatoms. The summed E-state index contributed by atoms with van der Waals surface area (Å²) in [5, 5.41) is 7.57. The zero-order valence-corrected chi connectivity index (χ0v) is 18.1. The molecule has 1 aliphatic rings. The van der Waals surface area contributed by atoms with E-state index in [2.05, 4.69) is 31.3 Å². The predicted molar refractivity (Wildman–Crippen MR) is 125 cm³/mol. The molecular formula is C23H29ClN6. The summed E-state index contributed by atoms with van der Waals surface area (Å²) in [6, 6.07) is 10.5. The molecule has 1 aliphatic carbocycles. The molecule has 0 spiro atoms. The molecule has 4 rings (SSSR count). The molecule has 0 amide bonds. The number of nitrogens with one attached hydrogen (secondary N) is 2. The van der Waals surface area contributed by atoms with Crippen molar-refractivity contribution in [3.63, 3.8) is 0 Å². The van der Waals surface area contributed by atoms with Crippen molar-refractivity contribution < 1.29 is 0 Å². The van der Waals surface area contributed by atoms with Crippen molar-refractivity contribution in [1.29, 1.82) is 0 Å². The number of nitrogens with zero attached hydrogens (tertiary/aromatic N) is 3. The van der Waals surface area contributed by atoms with E-state index in [1.54, 1.807) is 24.8 Å². The topological polar surface area (TPSA) is 88.8 Å². The van der Waals surface area contributed by atoms with Gasteiger partial charge in [0, 0.05) is 42.9 Å². The fraction of sp³-hybridized carbons (Fsp3) is 0.348. The molecule has 6 nitrogen and oxygen atoms in total. The molecule has 158 valence electrons. The van der Waals surface area contributed by atoms with E-state index in [4.69, 9.17) is 11.6 Å². The smallest absolute Gasteiger partial charge is 0.126 e. The lowest BCUT2D eigenvalue weighted by Crippen LogP contribution is -2.22. The minimum Gasteiger partial charge on any atom is -0.367 e. The Morgan fingerprint density at radius 3 is 2.50 bits per heavy atom. The van der Waals surface area contributed by atoms with Crippen LogP contribution in [-0.4, -0.2) is 28.0 Å². The summed E-state index contributed by atoms with van der Waals surface area (Å²) < 4.78 is 0. The second kappa shape index (κ2) is 11.5. The van der Waals surface area contributed by atoms with Crippen molar-refractivity contribution in [2.24, 2.45) is 5.73 Å². The molecule has 3 aromatic rings. The Labute approximate surface area is 183 Å². The van der Waals surface area contributed by atoms with E-state index in [1.807, 2.05) is 30.3 Å². The van der Waals surface area contributed by atoms with Crippen LogP contribution in [0.5, 0.6) is 0 Å². The van der Waals surface area contributed by atoms with Gasteiger partial charge in [-0.2, -0.15) is 0 Å². The molecule has 3 heterocycles. The molecule has 0 aliphatic heterocycles. The SMILES string of the molecule is CN.Clc1cnc(NC2CCCCC2)cc1-c1ccnc(NCc2ccncc2)c1. The van der Waals surface area contributed by atoms with E-state index in [0.717, 1.165) is 28.3 Å². The highest BCUT2D eigenvalue weighted by Gasteiger charge is 2.15. The Hall–Kier alpha value is -2.70. The fourth-order valence-electron chi connectivity index (χ4n) is 3.58. The first-order valence-corrected chi connectivity index (χ1v) is 10.7. The van der Waals surface area contributed by atoms with Crippen LogP contribution in [0.25, 0.3) is 11.1 Å². The van der Waals surface area contributed by atoms with E-state index in [1.165, 1.54) is 39.2 Å². The Morgan fingerprint density at radius 2 is 1.73 bits per heavy atom. The van der Waals surface area contributed by atoms with Crippen LogP contribution >= 0.6 is 11.6 Å². The number of hydrogen-bond donors (Lipinski definition) is 3. The number of halogens is 1. The molecule has 0 atom stereocenters. The van der Waals surface area contributed by atoms with Crippen LogP contribution in [0.3, 0.4) is 0 Å². The minimum absolute atomic E-state index is 0.505. The summed E-state index contributed by atoms with van der Waals surface area (Å²) in [5.41, 5.74) is 7.64. The lowest BCUT2D eigenvalue weighted by Gasteiger charge is -2.23. The van der Waals surface area contributed by atoms with Gasteiger partial charge < -0.3 is 16.4 Å². The maximum absolute atomic E-state index is 6.46. The Bertz CT molecular complexity index is 913. The maximum atomic E-state index is 6.46. The lowest BCUT2D eigenvalue weighted by atomic mass is 9.95. The predicted octanol–water partition coefficient (Wildman–Crippen LogP) is 5.12. The summed E-state index contributed by atoms with van der Waals surface area (Å²) >= 11 is 6.46. The van der Waals surface area contributed by atoms with Crippen molar-refractivity contribution >= 4 is 23.2 Å². The quantitative estimate of drug-likeness (QED) is 0.508. The van der Waals surface area contributed by atoms with Gasteiger partial charge in [0.15, 0.2) is 0 Å². The third-order valence-electron chi connectivity index (χ3n) is 5.11. The number of hydrogen-bond acceptors (Lipinski definition) is 6. The van der Waals surface area contributed by atoms with Crippen LogP contribution in [0, 0.1) is 0 Å². The summed E-state index contributed by atoms with van der Waals surface area (Å²) in [6.45, 7) is 0.692. The van der Waals surface area contributed by atoms with Gasteiger partial charge >= 0.3 is 0 Å². The summed E-state index contributed by atoms with van der Waals surface area (Å²) in [6.07, 6.45) is 13.4. The third kappa shape index (κ3) is 6.15. The van der Waals surface area contributed by atoms with Gasteiger partial charge in [-0.1, -0.05) is 30.9 Å². The van der Waals surface area contributed by atoms with Gasteiger partial charge in [-0.25, -0.2) is 9.97 Å². The monoisotopic (exact) mass is 424 g/mol. The van der Waals surface area contributed by atoms with Crippen molar-refractivity contribution in [2.45, 2.75) is 44.7 Å². The van der Waals surface area contributed by atoms with Gasteiger partial charge in [-0.05, 0) is 61.3 Å². The van der Waals surface area contributed by atoms with Gasteiger partial charge in [-0.3, -0.25) is 4.98 Å². The first-order chi connectivity index (χ1) is 14.8. The summed E-state index contributed by atoms with van der Waals surface area (Å²) in [5.74, 6) is 1.69. The van der Waals surface area contributed by atoms with E-state index < -0.39 is 0 Å². The molecule has 0 saturated heterocycles. The molecule has 0 bridgehead atoms. The van der Waals surface area contributed by atoms with E-state index >= 15 is 0 Å². The average molecular weight is 425 g/mol. The average Bonchev–Trinajstić information content (AvgIpc) is 2.82. The first kappa shape index (κ1) is 22.0. The van der Waals surface area contributed by atoms with Gasteiger partial charge in [0.2, 0.25) is 0 Å². The standard InChI is InChI=1S/C22H24ClN5.CH5N/c23-20-15-27-22(28-18-4-2-1-3-5-18)13-19(20)17-8-11-25-21(12-17)26-14-16-6-9-24-10-7-16;1-2/h6-13,15,18H,1-5,14H2,(H,25,26)(H,27,28);2H2,1H3. The van der Waals surface area contributed by atoms with Gasteiger partial charge in [-0.15, -0.1) is 0 Å². The Balaban J connectivity index is 0.00000124.